The molecule has 4 unspecified atom stereocenters. The van der Waals surface area contributed by atoms with E-state index in [0.29, 0.717) is 5.92 Å². The number of aliphatic carboxylic acids is 1. The Morgan fingerprint density at radius 3 is 2.27 bits per heavy atom. The first kappa shape index (κ1) is 9.68. The molecule has 3 aliphatic carbocycles. The Balaban J connectivity index is 1.90. The van der Waals surface area contributed by atoms with Gasteiger partial charge in [0, 0.05) is 0 Å². The van der Waals surface area contributed by atoms with Crippen molar-refractivity contribution in [2.75, 3.05) is 0 Å². The summed E-state index contributed by atoms with van der Waals surface area (Å²) in [7, 11) is 0. The first-order chi connectivity index (χ1) is 6.97. The first-order valence-electron chi connectivity index (χ1n) is 6.21. The fourth-order valence-electron chi connectivity index (χ4n) is 4.66. The van der Waals surface area contributed by atoms with E-state index in [4.69, 9.17) is 0 Å². The van der Waals surface area contributed by atoms with Crippen LogP contribution in [0.2, 0.25) is 0 Å². The van der Waals surface area contributed by atoms with Crippen molar-refractivity contribution in [2.45, 2.75) is 46.0 Å². The Labute approximate surface area is 91.1 Å². The van der Waals surface area contributed by atoms with E-state index in [2.05, 4.69) is 13.8 Å². The number of hydrogen-bond acceptors (Lipinski definition) is 1. The molecule has 3 saturated carbocycles. The summed E-state index contributed by atoms with van der Waals surface area (Å²) < 4.78 is 0. The van der Waals surface area contributed by atoms with Crippen LogP contribution >= 0.6 is 0 Å². The standard InChI is InChI=1S/C13H20O2/c1-12(2)7-13(12,11(14)15)10-6-8-3-4-9(10)5-8/h8-10H,3-7H2,1-2H3,(H,14,15). The predicted molar refractivity (Wildman–Crippen MR) is 57.4 cm³/mol. The first-order valence-corrected chi connectivity index (χ1v) is 6.21. The molecular formula is C13H20O2. The van der Waals surface area contributed by atoms with Gasteiger partial charge in [-0.3, -0.25) is 4.79 Å². The average Bonchev–Trinajstić information content (AvgIpc) is 2.58. The molecule has 0 saturated heterocycles. The van der Waals surface area contributed by atoms with E-state index in [1.54, 1.807) is 0 Å². The van der Waals surface area contributed by atoms with Crippen molar-refractivity contribution in [2.24, 2.45) is 28.6 Å². The summed E-state index contributed by atoms with van der Waals surface area (Å²) in [4.78, 5) is 11.6. The molecule has 3 fully saturated rings. The van der Waals surface area contributed by atoms with Crippen LogP contribution in [0.5, 0.6) is 0 Å². The van der Waals surface area contributed by atoms with Gasteiger partial charge in [-0.1, -0.05) is 20.3 Å². The van der Waals surface area contributed by atoms with Crippen LogP contribution in [0.15, 0.2) is 0 Å². The smallest absolute Gasteiger partial charge is 0.310 e. The number of carbonyl (C=O) groups is 1. The Hall–Kier alpha value is -0.530. The van der Waals surface area contributed by atoms with Crippen molar-refractivity contribution in [1.82, 2.24) is 0 Å². The SMILES string of the molecule is CC1(C)CC1(C(=O)O)C1CC2CCC1C2. The third kappa shape index (κ3) is 1.03. The Morgan fingerprint density at radius 2 is 1.93 bits per heavy atom. The summed E-state index contributed by atoms with van der Waals surface area (Å²) in [6, 6.07) is 0. The number of fused-ring (bicyclic) bond motifs is 2. The quantitative estimate of drug-likeness (QED) is 0.757. The van der Waals surface area contributed by atoms with Crippen LogP contribution in [0.3, 0.4) is 0 Å². The van der Waals surface area contributed by atoms with Gasteiger partial charge in [0.25, 0.3) is 0 Å². The fraction of sp³-hybridized carbons (Fsp3) is 0.923. The summed E-state index contributed by atoms with van der Waals surface area (Å²) in [5, 5.41) is 9.53. The van der Waals surface area contributed by atoms with Crippen molar-refractivity contribution >= 4 is 5.97 Å². The molecule has 0 spiro atoms. The van der Waals surface area contributed by atoms with Crippen LogP contribution in [-0.4, -0.2) is 11.1 Å². The summed E-state index contributed by atoms with van der Waals surface area (Å²) >= 11 is 0. The third-order valence-electron chi connectivity index (χ3n) is 5.56. The van der Waals surface area contributed by atoms with Gasteiger partial charge >= 0.3 is 5.97 Å². The topological polar surface area (TPSA) is 37.3 Å². The van der Waals surface area contributed by atoms with Crippen LogP contribution < -0.4 is 0 Å². The van der Waals surface area contributed by atoms with Crippen molar-refractivity contribution < 1.29 is 9.90 Å². The molecule has 2 bridgehead atoms. The average molecular weight is 208 g/mol. The lowest BCUT2D eigenvalue weighted by Gasteiger charge is -2.30. The van der Waals surface area contributed by atoms with Crippen LogP contribution in [0.4, 0.5) is 0 Å². The van der Waals surface area contributed by atoms with Gasteiger partial charge in [-0.15, -0.1) is 0 Å². The maximum atomic E-state index is 11.6. The van der Waals surface area contributed by atoms with Gasteiger partial charge in [-0.05, 0) is 48.9 Å². The van der Waals surface area contributed by atoms with E-state index in [1.165, 1.54) is 25.7 Å². The normalized spacial score (nSPS) is 50.7. The predicted octanol–water partition coefficient (Wildman–Crippen LogP) is 2.92. The second-order valence-corrected chi connectivity index (χ2v) is 6.62. The van der Waals surface area contributed by atoms with Gasteiger partial charge in [-0.2, -0.15) is 0 Å². The molecule has 3 rings (SSSR count). The Bertz CT molecular complexity index is 320. The molecule has 2 heteroatoms. The molecule has 0 aromatic heterocycles. The minimum Gasteiger partial charge on any atom is -0.481 e. The lowest BCUT2D eigenvalue weighted by atomic mass is 9.73. The van der Waals surface area contributed by atoms with Crippen molar-refractivity contribution in [3.63, 3.8) is 0 Å². The number of carboxylic acids is 1. The van der Waals surface area contributed by atoms with E-state index < -0.39 is 5.97 Å². The Kier molecular flexibility index (Phi) is 1.67. The maximum Gasteiger partial charge on any atom is 0.310 e. The lowest BCUT2D eigenvalue weighted by Crippen LogP contribution is -2.33. The minimum atomic E-state index is -0.523. The van der Waals surface area contributed by atoms with Gasteiger partial charge in [0.05, 0.1) is 5.41 Å². The largest absolute Gasteiger partial charge is 0.481 e. The zero-order valence-electron chi connectivity index (χ0n) is 9.62. The highest BCUT2D eigenvalue weighted by Gasteiger charge is 2.72. The van der Waals surface area contributed by atoms with Gasteiger partial charge in [-0.25, -0.2) is 0 Å². The number of carboxylic acid groups (broad SMARTS) is 1. The molecule has 3 aliphatic rings. The zero-order chi connectivity index (χ0) is 10.8. The van der Waals surface area contributed by atoms with Crippen LogP contribution in [0.1, 0.15) is 46.0 Å². The second-order valence-electron chi connectivity index (χ2n) is 6.62. The third-order valence-corrected chi connectivity index (χ3v) is 5.56. The highest BCUT2D eigenvalue weighted by Crippen LogP contribution is 2.73. The lowest BCUT2D eigenvalue weighted by molar-refractivity contribution is -0.148. The molecule has 4 atom stereocenters. The van der Waals surface area contributed by atoms with Gasteiger partial charge in [0.1, 0.15) is 0 Å². The fourth-order valence-corrected chi connectivity index (χ4v) is 4.66. The molecule has 0 aromatic rings. The second kappa shape index (κ2) is 2.58. The van der Waals surface area contributed by atoms with E-state index in [9.17, 15) is 9.90 Å². The zero-order valence-corrected chi connectivity index (χ0v) is 9.62. The van der Waals surface area contributed by atoms with Gasteiger partial charge < -0.3 is 5.11 Å². The summed E-state index contributed by atoms with van der Waals surface area (Å²) in [5.74, 6) is 1.55. The molecule has 15 heavy (non-hydrogen) atoms. The highest BCUT2D eigenvalue weighted by atomic mass is 16.4. The van der Waals surface area contributed by atoms with Crippen LogP contribution in [-0.2, 0) is 4.79 Å². The molecule has 1 N–H and O–H groups in total. The highest BCUT2D eigenvalue weighted by molar-refractivity contribution is 5.80. The summed E-state index contributed by atoms with van der Waals surface area (Å²) in [5.41, 5.74) is -0.305. The van der Waals surface area contributed by atoms with E-state index in [1.807, 2.05) is 0 Å². The molecule has 0 heterocycles. The van der Waals surface area contributed by atoms with E-state index >= 15 is 0 Å². The summed E-state index contributed by atoms with van der Waals surface area (Å²) in [6.45, 7) is 4.26. The van der Waals surface area contributed by atoms with Crippen LogP contribution in [0.25, 0.3) is 0 Å². The molecule has 0 aromatic carbocycles. The van der Waals surface area contributed by atoms with Gasteiger partial charge in [0.2, 0.25) is 0 Å². The van der Waals surface area contributed by atoms with E-state index in [-0.39, 0.29) is 10.8 Å². The van der Waals surface area contributed by atoms with Gasteiger partial charge in [0.15, 0.2) is 0 Å². The number of hydrogen-bond donors (Lipinski definition) is 1. The van der Waals surface area contributed by atoms with E-state index in [0.717, 1.165) is 18.3 Å². The van der Waals surface area contributed by atoms with Crippen molar-refractivity contribution in [3.8, 4) is 0 Å². The molecule has 0 radical (unpaired) electrons. The molecule has 2 nitrogen and oxygen atoms in total. The summed E-state index contributed by atoms with van der Waals surface area (Å²) in [6.07, 6.45) is 6.07. The monoisotopic (exact) mass is 208 g/mol. The molecular weight excluding hydrogens is 188 g/mol. The van der Waals surface area contributed by atoms with Crippen molar-refractivity contribution in [3.05, 3.63) is 0 Å². The molecule has 0 aliphatic heterocycles. The van der Waals surface area contributed by atoms with Crippen molar-refractivity contribution in [1.29, 1.82) is 0 Å². The molecule has 84 valence electrons. The Morgan fingerprint density at radius 1 is 1.27 bits per heavy atom. The minimum absolute atomic E-state index is 0.0496. The number of rotatable bonds is 2. The van der Waals surface area contributed by atoms with Crippen LogP contribution in [0, 0.1) is 28.6 Å². The maximum absolute atomic E-state index is 11.6. The molecule has 0 amide bonds.